The number of alkyl halides is 1. The van der Waals surface area contributed by atoms with E-state index in [-0.39, 0.29) is 29.2 Å². The van der Waals surface area contributed by atoms with Gasteiger partial charge in [0, 0.05) is 16.7 Å². The summed E-state index contributed by atoms with van der Waals surface area (Å²) in [5.74, 6) is -1.53. The molecule has 0 unspecified atom stereocenters. The van der Waals surface area contributed by atoms with Crippen LogP contribution >= 0.6 is 0 Å². The Kier molecular flexibility index (Phi) is 5.14. The van der Waals surface area contributed by atoms with E-state index in [1.807, 2.05) is 13.8 Å². The summed E-state index contributed by atoms with van der Waals surface area (Å²) in [6, 6.07) is 6.19. The minimum atomic E-state index is -1.43. The van der Waals surface area contributed by atoms with Crippen molar-refractivity contribution in [2.45, 2.75) is 32.2 Å². The number of aromatic nitrogens is 1. The van der Waals surface area contributed by atoms with Gasteiger partial charge in [0.25, 0.3) is 5.91 Å². The summed E-state index contributed by atoms with van der Waals surface area (Å²) in [4.78, 5) is 20.3. The van der Waals surface area contributed by atoms with Gasteiger partial charge in [-0.2, -0.15) is 0 Å². The van der Waals surface area contributed by atoms with E-state index in [9.17, 15) is 18.0 Å². The lowest BCUT2D eigenvalue weighted by molar-refractivity contribution is 0.102. The molecule has 0 radical (unpaired) electrons. The minimum absolute atomic E-state index is 0.00541. The molecule has 3 N–H and O–H groups in total. The molecule has 3 rings (SSSR count). The van der Waals surface area contributed by atoms with Crippen LogP contribution in [0.3, 0.4) is 0 Å². The van der Waals surface area contributed by atoms with Gasteiger partial charge in [-0.05, 0) is 43.2 Å². The quantitative estimate of drug-likeness (QED) is 0.829. The Hall–Kier alpha value is -2.90. The molecule has 0 saturated carbocycles. The molecule has 2 heterocycles. The van der Waals surface area contributed by atoms with Crippen molar-refractivity contribution in [3.63, 3.8) is 0 Å². The number of nitrogens with zero attached hydrogens (tertiary/aromatic N) is 2. The van der Waals surface area contributed by atoms with E-state index < -0.39 is 35.2 Å². The normalized spacial score (nSPS) is 21.1. The largest absolute Gasteiger partial charge is 0.387 e. The van der Waals surface area contributed by atoms with Crippen LogP contribution in [0.4, 0.5) is 18.9 Å². The molecule has 1 aromatic carbocycles. The van der Waals surface area contributed by atoms with Crippen LogP contribution in [0.5, 0.6) is 0 Å². The second-order valence-electron chi connectivity index (χ2n) is 7.56. The van der Waals surface area contributed by atoms with Crippen molar-refractivity contribution in [1.82, 2.24) is 4.98 Å². The predicted octanol–water partition coefficient (Wildman–Crippen LogP) is 3.95. The molecule has 5 nitrogen and oxygen atoms in total. The highest BCUT2D eigenvalue weighted by atomic mass is 19.1. The SMILES string of the molecule is CC1(C)CC[C@@](CF)(c2cc(NC(=O)c3ccc(F)cn3)ccc2F)N=C1N. The third kappa shape index (κ3) is 3.72. The molecule has 0 spiro atoms. The lowest BCUT2D eigenvalue weighted by atomic mass is 9.75. The Morgan fingerprint density at radius 2 is 1.96 bits per heavy atom. The summed E-state index contributed by atoms with van der Waals surface area (Å²) in [6.07, 6.45) is 1.75. The number of hydrogen-bond acceptors (Lipinski definition) is 4. The first kappa shape index (κ1) is 19.9. The maximum atomic E-state index is 14.6. The van der Waals surface area contributed by atoms with Crippen LogP contribution in [0.15, 0.2) is 41.5 Å². The summed E-state index contributed by atoms with van der Waals surface area (Å²) >= 11 is 0. The second kappa shape index (κ2) is 7.26. The number of nitrogens with two attached hydrogens (primary N) is 1. The number of amidine groups is 1. The number of carbonyl (C=O) groups is 1. The van der Waals surface area contributed by atoms with Gasteiger partial charge in [0.15, 0.2) is 0 Å². The monoisotopic (exact) mass is 390 g/mol. The predicted molar refractivity (Wildman–Crippen MR) is 101 cm³/mol. The summed E-state index contributed by atoms with van der Waals surface area (Å²) < 4.78 is 41.6. The van der Waals surface area contributed by atoms with Crippen molar-refractivity contribution < 1.29 is 18.0 Å². The first-order valence-corrected chi connectivity index (χ1v) is 8.82. The van der Waals surface area contributed by atoms with Crippen LogP contribution < -0.4 is 11.1 Å². The van der Waals surface area contributed by atoms with Crippen molar-refractivity contribution in [3.8, 4) is 0 Å². The zero-order valence-electron chi connectivity index (χ0n) is 15.6. The highest BCUT2D eigenvalue weighted by Gasteiger charge is 2.42. The number of anilines is 1. The average molecular weight is 390 g/mol. The van der Waals surface area contributed by atoms with Crippen molar-refractivity contribution in [3.05, 3.63) is 59.4 Å². The average Bonchev–Trinajstić information content (AvgIpc) is 2.66. The fraction of sp³-hybridized carbons (Fsp3) is 0.350. The zero-order valence-corrected chi connectivity index (χ0v) is 15.6. The van der Waals surface area contributed by atoms with Crippen molar-refractivity contribution in [2.24, 2.45) is 16.1 Å². The Morgan fingerprint density at radius 3 is 2.57 bits per heavy atom. The molecule has 1 amide bonds. The highest BCUT2D eigenvalue weighted by Crippen LogP contribution is 2.42. The van der Waals surface area contributed by atoms with Crippen molar-refractivity contribution >= 4 is 17.4 Å². The van der Waals surface area contributed by atoms with Crippen LogP contribution in [-0.2, 0) is 5.54 Å². The molecule has 1 aliphatic rings. The molecule has 0 fully saturated rings. The standard InChI is InChI=1S/C20H21F3N4O/c1-19(2)7-8-20(11-21,27-18(19)24)14-9-13(4-5-15(14)23)26-17(28)16-6-3-12(22)10-25-16/h3-6,9-10H,7-8,11H2,1-2H3,(H2,24,27)(H,26,28)/t20-/m1/s1. The van der Waals surface area contributed by atoms with Gasteiger partial charge in [0.1, 0.15) is 35.4 Å². The maximum absolute atomic E-state index is 14.6. The number of halogens is 3. The Labute approximate surface area is 160 Å². The third-order valence-corrected chi connectivity index (χ3v) is 5.10. The molecule has 0 saturated heterocycles. The number of carbonyl (C=O) groups excluding carboxylic acids is 1. The molecule has 28 heavy (non-hydrogen) atoms. The number of amides is 1. The van der Waals surface area contributed by atoms with Gasteiger partial charge in [0.2, 0.25) is 0 Å². The van der Waals surface area contributed by atoms with E-state index >= 15 is 0 Å². The van der Waals surface area contributed by atoms with E-state index in [1.54, 1.807) is 0 Å². The van der Waals surface area contributed by atoms with Crippen molar-refractivity contribution in [1.29, 1.82) is 0 Å². The number of aliphatic imine (C=N–C) groups is 1. The number of rotatable bonds is 4. The molecule has 0 aliphatic carbocycles. The molecule has 1 atom stereocenters. The van der Waals surface area contributed by atoms with Crippen LogP contribution in [0.1, 0.15) is 42.7 Å². The Morgan fingerprint density at radius 1 is 1.21 bits per heavy atom. The maximum Gasteiger partial charge on any atom is 0.274 e. The zero-order chi connectivity index (χ0) is 20.5. The Bertz CT molecular complexity index is 928. The van der Waals surface area contributed by atoms with E-state index in [0.717, 1.165) is 18.3 Å². The molecular formula is C20H21F3N4O. The minimum Gasteiger partial charge on any atom is -0.387 e. The van der Waals surface area contributed by atoms with Gasteiger partial charge in [-0.25, -0.2) is 18.2 Å². The fourth-order valence-corrected chi connectivity index (χ4v) is 3.11. The van der Waals surface area contributed by atoms with E-state index in [1.165, 1.54) is 18.2 Å². The fourth-order valence-electron chi connectivity index (χ4n) is 3.11. The summed E-state index contributed by atoms with van der Waals surface area (Å²) in [5, 5.41) is 2.56. The number of pyridine rings is 1. The van der Waals surface area contributed by atoms with Crippen molar-refractivity contribution in [2.75, 3.05) is 12.0 Å². The number of hydrogen-bond donors (Lipinski definition) is 2. The smallest absolute Gasteiger partial charge is 0.274 e. The first-order chi connectivity index (χ1) is 13.2. The van der Waals surface area contributed by atoms with Gasteiger partial charge < -0.3 is 11.1 Å². The highest BCUT2D eigenvalue weighted by molar-refractivity contribution is 6.02. The molecule has 8 heteroatoms. The van der Waals surface area contributed by atoms with Gasteiger partial charge in [0.05, 0.1) is 6.20 Å². The number of nitrogens with one attached hydrogen (secondary N) is 1. The van der Waals surface area contributed by atoms with Crippen LogP contribution in [-0.4, -0.2) is 23.4 Å². The summed E-state index contributed by atoms with van der Waals surface area (Å²) in [5.41, 5.74) is 4.45. The lowest BCUT2D eigenvalue weighted by Gasteiger charge is -2.39. The van der Waals surface area contributed by atoms with Crippen LogP contribution in [0.2, 0.25) is 0 Å². The second-order valence-corrected chi connectivity index (χ2v) is 7.56. The Balaban J connectivity index is 1.94. The molecule has 2 aromatic rings. The van der Waals surface area contributed by atoms with E-state index in [2.05, 4.69) is 15.3 Å². The van der Waals surface area contributed by atoms with Crippen LogP contribution in [0.25, 0.3) is 0 Å². The molecule has 148 valence electrons. The molecule has 1 aromatic heterocycles. The topological polar surface area (TPSA) is 80.4 Å². The summed E-state index contributed by atoms with van der Waals surface area (Å²) in [7, 11) is 0. The van der Waals surface area contributed by atoms with E-state index in [4.69, 9.17) is 5.73 Å². The number of benzene rings is 1. The van der Waals surface area contributed by atoms with Gasteiger partial charge in [-0.15, -0.1) is 0 Å². The van der Waals surface area contributed by atoms with Gasteiger partial charge in [-0.1, -0.05) is 13.8 Å². The first-order valence-electron chi connectivity index (χ1n) is 8.82. The third-order valence-electron chi connectivity index (χ3n) is 5.10. The molecular weight excluding hydrogens is 369 g/mol. The van der Waals surface area contributed by atoms with Gasteiger partial charge >= 0.3 is 0 Å². The molecule has 0 bridgehead atoms. The van der Waals surface area contributed by atoms with E-state index in [0.29, 0.717) is 6.42 Å². The lowest BCUT2D eigenvalue weighted by Crippen LogP contribution is -2.43. The van der Waals surface area contributed by atoms with Gasteiger partial charge in [-0.3, -0.25) is 9.79 Å². The molecule has 1 aliphatic heterocycles. The summed E-state index contributed by atoms with van der Waals surface area (Å²) in [6.45, 7) is 2.88. The van der Waals surface area contributed by atoms with Crippen LogP contribution in [0, 0.1) is 17.0 Å².